The van der Waals surface area contributed by atoms with E-state index >= 15 is 0 Å². The first-order chi connectivity index (χ1) is 51.5. The third-order valence-corrected chi connectivity index (χ3v) is 17.9. The van der Waals surface area contributed by atoms with Gasteiger partial charge in [0.15, 0.2) is 11.9 Å². The average molecular weight is 1540 g/mol. The van der Waals surface area contributed by atoms with Crippen LogP contribution in [0.4, 0.5) is 0 Å². The summed E-state index contributed by atoms with van der Waals surface area (Å²) < 4.78 is 0. The van der Waals surface area contributed by atoms with E-state index in [0.29, 0.717) is 69.0 Å². The maximum absolute atomic E-state index is 14.9. The molecular weight excluding hydrogens is 1420 g/mol. The van der Waals surface area contributed by atoms with Gasteiger partial charge in [0.05, 0.1) is 12.6 Å². The van der Waals surface area contributed by atoms with Crippen molar-refractivity contribution in [3.8, 4) is 5.75 Å². The average Bonchev–Trinajstić information content (AvgIpc) is 1.59. The van der Waals surface area contributed by atoms with Crippen molar-refractivity contribution in [1.29, 1.82) is 0 Å². The third-order valence-electron chi connectivity index (χ3n) is 17.5. The Morgan fingerprint density at radius 1 is 0.454 bits per heavy atom. The summed E-state index contributed by atoms with van der Waals surface area (Å²) >= 11 is 4.28. The predicted molar refractivity (Wildman–Crippen MR) is 406 cm³/mol. The lowest BCUT2D eigenvalue weighted by atomic mass is 10.0. The van der Waals surface area contributed by atoms with Gasteiger partial charge in [-0.3, -0.25) is 67.5 Å². The Labute approximate surface area is 634 Å². The molecule has 0 radical (unpaired) electrons. The maximum Gasteiger partial charge on any atom is 0.326 e. The molecule has 0 saturated carbocycles. The fourth-order valence-corrected chi connectivity index (χ4v) is 11.8. The van der Waals surface area contributed by atoms with E-state index in [4.69, 9.17) is 57.3 Å². The Kier molecular flexibility index (Phi) is 43.9. The van der Waals surface area contributed by atoms with E-state index < -0.39 is 163 Å². The molecule has 0 bridgehead atoms. The normalized spacial score (nSPS) is 15.2. The molecule has 2 aromatic rings. The van der Waals surface area contributed by atoms with E-state index in [2.05, 4.69) is 75.8 Å². The van der Waals surface area contributed by atoms with E-state index in [-0.39, 0.29) is 140 Å². The van der Waals surface area contributed by atoms with E-state index in [0.717, 1.165) is 0 Å². The molecule has 1 aliphatic rings. The highest BCUT2D eigenvalue weighted by Gasteiger charge is 2.40. The number of carboxylic acids is 1. The number of carboxylic acid groups (broad SMARTS) is 1. The van der Waals surface area contributed by atoms with Crippen molar-refractivity contribution in [2.45, 2.75) is 208 Å². The first kappa shape index (κ1) is 92.2. The van der Waals surface area contributed by atoms with Crippen LogP contribution >= 0.6 is 12.6 Å². The minimum atomic E-state index is -1.61. The fourth-order valence-electron chi connectivity index (χ4n) is 11.6. The van der Waals surface area contributed by atoms with Crippen molar-refractivity contribution < 1.29 is 72.5 Å². The first-order valence-electron chi connectivity index (χ1n) is 36.5. The lowest BCUT2D eigenvalue weighted by Crippen LogP contribution is -2.61. The molecule has 1 fully saturated rings. The van der Waals surface area contributed by atoms with Gasteiger partial charge in [-0.2, -0.15) is 12.6 Å². The quantitative estimate of drug-likeness (QED) is 0.0127. The molecule has 108 heavy (non-hydrogen) atoms. The smallest absolute Gasteiger partial charge is 0.326 e. The molecule has 32 N–H and O–H groups in total. The summed E-state index contributed by atoms with van der Waals surface area (Å²) in [5.74, 6) is -12.4. The number of unbranched alkanes of at least 4 members (excludes halogenated alkanes) is 4. The number of nitrogens with zero attached hydrogens (tertiary/aromatic N) is 3. The third kappa shape index (κ3) is 35.6. The Morgan fingerprint density at radius 2 is 0.833 bits per heavy atom. The van der Waals surface area contributed by atoms with Crippen molar-refractivity contribution in [3.05, 3.63) is 65.7 Å². The van der Waals surface area contributed by atoms with Gasteiger partial charge in [-0.15, -0.1) is 0 Å². The number of nitrogens with two attached hydrogens (primary N) is 10. The fraction of sp³-hybridized carbons (Fsp3) is 0.609. The Bertz CT molecular complexity index is 3280. The van der Waals surface area contributed by atoms with Crippen molar-refractivity contribution in [1.82, 2.24) is 58.1 Å². The number of carbonyl (C=O) groups is 13. The number of primary amides is 1. The number of amides is 12. The topological polar surface area (TPSA) is 671 Å². The van der Waals surface area contributed by atoms with Gasteiger partial charge in [0, 0.05) is 44.6 Å². The number of hydrogen-bond donors (Lipinski definition) is 23. The zero-order valence-electron chi connectivity index (χ0n) is 61.2. The summed E-state index contributed by atoms with van der Waals surface area (Å²) in [6.45, 7) is 0.509. The number of aliphatic imine (C=N–C) groups is 2. The van der Waals surface area contributed by atoms with Crippen molar-refractivity contribution in [2.24, 2.45) is 67.3 Å². The van der Waals surface area contributed by atoms with E-state index in [1.165, 1.54) is 29.2 Å². The van der Waals surface area contributed by atoms with Gasteiger partial charge in [0.2, 0.25) is 70.9 Å². The lowest BCUT2D eigenvalue weighted by molar-refractivity contribution is -0.149. The molecule has 39 heteroatoms. The van der Waals surface area contributed by atoms with Crippen molar-refractivity contribution >= 4 is 101 Å². The second kappa shape index (κ2) is 51.3. The number of guanidine groups is 2. The molecule has 38 nitrogen and oxygen atoms in total. The predicted octanol–water partition coefficient (Wildman–Crippen LogP) is -6.12. The zero-order chi connectivity index (χ0) is 80.1. The summed E-state index contributed by atoms with van der Waals surface area (Å²) in [5, 5.41) is 46.3. The molecule has 0 aliphatic carbocycles. The highest BCUT2D eigenvalue weighted by molar-refractivity contribution is 7.80. The second-order valence-corrected chi connectivity index (χ2v) is 26.6. The molecule has 3 rings (SSSR count). The van der Waals surface area contributed by atoms with Gasteiger partial charge in [0.1, 0.15) is 66.2 Å². The number of aromatic hydroxyl groups is 1. The van der Waals surface area contributed by atoms with E-state index in [9.17, 15) is 72.5 Å². The molecule has 1 heterocycles. The van der Waals surface area contributed by atoms with Crippen LogP contribution in [0.2, 0.25) is 0 Å². The monoisotopic (exact) mass is 1540 g/mol. The number of phenolic OH excluding ortho intramolecular Hbond substituents is 1. The van der Waals surface area contributed by atoms with Gasteiger partial charge in [-0.1, -0.05) is 42.5 Å². The molecule has 0 spiro atoms. The number of thiol groups is 1. The molecule has 1 saturated heterocycles. The highest BCUT2D eigenvalue weighted by atomic mass is 32.1. The summed E-state index contributed by atoms with van der Waals surface area (Å²) in [6.07, 6.45) is 2.69. The van der Waals surface area contributed by atoms with Gasteiger partial charge in [-0.05, 0) is 171 Å². The van der Waals surface area contributed by atoms with Crippen LogP contribution in [-0.2, 0) is 75.2 Å². The SMILES string of the molecule is NCCCC[C@H](NC(=O)[C@H](Cc1ccc(O)cc1)NC(=O)[C@H](Cc1ccccc1)NC(=O)CNC(=O)[C@H](CCCCN)NC(=O)[C@@H](N)CCCN=C(N)N)C(=O)N[C@@H](CCCN=C(N)N)C(=O)N[C@@H](CCCCN)C(=O)N[C@@H](CCC(N)=O)C(=O)N[C@@H](CS)C(=O)N[C@@H](CCCCN)C(=O)N1CCC[C@H]1C(=O)O. The minimum Gasteiger partial charge on any atom is -0.508 e. The van der Waals surface area contributed by atoms with Gasteiger partial charge >= 0.3 is 5.97 Å². The number of rotatable bonds is 54. The van der Waals surface area contributed by atoms with Crippen molar-refractivity contribution in [3.63, 3.8) is 0 Å². The highest BCUT2D eigenvalue weighted by Crippen LogP contribution is 2.21. The van der Waals surface area contributed by atoms with Crippen LogP contribution in [0.3, 0.4) is 0 Å². The number of phenols is 1. The molecule has 11 atom stereocenters. The first-order valence-corrected chi connectivity index (χ1v) is 37.1. The van der Waals surface area contributed by atoms with Crippen LogP contribution in [0.25, 0.3) is 0 Å². The second-order valence-electron chi connectivity index (χ2n) is 26.2. The molecule has 1 aliphatic heterocycles. The van der Waals surface area contributed by atoms with Crippen LogP contribution < -0.4 is 111 Å². The summed E-state index contributed by atoms with van der Waals surface area (Å²) in [7, 11) is 0. The number of nitrogens with one attached hydrogen (secondary N) is 10. The molecule has 0 unspecified atom stereocenters. The lowest BCUT2D eigenvalue weighted by Gasteiger charge is -2.29. The number of likely N-dealkylation sites (tertiary alicyclic amines) is 1. The number of carbonyl (C=O) groups excluding carboxylic acids is 12. The van der Waals surface area contributed by atoms with Crippen LogP contribution in [0.1, 0.15) is 140 Å². The van der Waals surface area contributed by atoms with Crippen LogP contribution in [0.5, 0.6) is 5.75 Å². The van der Waals surface area contributed by atoms with Crippen LogP contribution in [0.15, 0.2) is 64.6 Å². The minimum absolute atomic E-state index is 0.0465. The number of hydrogen-bond acceptors (Lipinski definition) is 22. The molecule has 12 amide bonds. The summed E-state index contributed by atoms with van der Waals surface area (Å²) in [6, 6.07) is -0.829. The van der Waals surface area contributed by atoms with Gasteiger partial charge in [0.25, 0.3) is 0 Å². The summed E-state index contributed by atoms with van der Waals surface area (Å²) in [4.78, 5) is 190. The van der Waals surface area contributed by atoms with Gasteiger partial charge in [-0.25, -0.2) is 4.79 Å². The van der Waals surface area contributed by atoms with Crippen molar-refractivity contribution in [2.75, 3.05) is 58.1 Å². The zero-order valence-corrected chi connectivity index (χ0v) is 62.1. The molecule has 0 aromatic heterocycles. The van der Waals surface area contributed by atoms with Crippen LogP contribution in [-0.4, -0.2) is 228 Å². The van der Waals surface area contributed by atoms with Gasteiger partial charge < -0.3 is 126 Å². The summed E-state index contributed by atoms with van der Waals surface area (Å²) in [5.41, 5.74) is 57.8. The molecular formula is C69H115N23O15S. The molecule has 2 aromatic carbocycles. The standard InChI is InChI=1S/C69H115N23O15S/c70-30-8-4-18-45(84-57(96)44(74)17-12-34-80-68(76)77)58(97)82-39-56(95)83-51(37-41-15-2-1-3-16-41)63(102)90-52(38-42-24-26-43(93)27-25-42)64(103)87-47(20-6-10-32-72)59(98)86-48(22-13-35-81-69(78)79)61(100)85-46(19-5-9-31-71)60(99)88-49(28-29-55(75)94)62(101)91-53(40-108)65(104)89-50(21-7-11-33-73)66(105)92-36-14-23-54(92)67(106)107/h1-3,15-16,24-27,44-54,93,108H,4-14,17-23,28-40,70-74H2,(H2,75,94)(H,82,97)(H,83,95)(H,84,96)(H,85,100)(H,86,98)(H,87,103)(H,88,99)(H,89,104)(H,90,102)(H,91,101)(H,106,107)(H4,76,77,80)(H4,78,79,81)/t44-,45-,46-,47-,48-,49-,50-,51-,52-,53-,54-/m0/s1. The number of benzene rings is 2. The largest absolute Gasteiger partial charge is 0.508 e. The Hall–Kier alpha value is -9.96. The maximum atomic E-state index is 14.9. The van der Waals surface area contributed by atoms with Crippen LogP contribution in [0, 0.1) is 0 Å². The Balaban J connectivity index is 1.99. The van der Waals surface area contributed by atoms with E-state index in [1.54, 1.807) is 30.3 Å². The molecule has 602 valence electrons. The Morgan fingerprint density at radius 3 is 1.29 bits per heavy atom. The van der Waals surface area contributed by atoms with E-state index in [1.807, 2.05) is 0 Å². The number of aliphatic carboxylic acids is 1.